The van der Waals surface area contributed by atoms with E-state index in [9.17, 15) is 4.79 Å². The first-order chi connectivity index (χ1) is 8.58. The number of benzene rings is 2. The van der Waals surface area contributed by atoms with Crippen molar-refractivity contribution in [3.05, 3.63) is 58.1 Å². The average molecular weight is 305 g/mol. The van der Waals surface area contributed by atoms with Gasteiger partial charge in [0.05, 0.1) is 4.47 Å². The zero-order valence-electron chi connectivity index (χ0n) is 10.2. The summed E-state index contributed by atoms with van der Waals surface area (Å²) in [5.41, 5.74) is 1.74. The van der Waals surface area contributed by atoms with E-state index in [4.69, 9.17) is 4.74 Å². The number of aryl methyl sites for hydroxylation is 1. The van der Waals surface area contributed by atoms with E-state index in [1.54, 1.807) is 25.1 Å². The highest BCUT2D eigenvalue weighted by molar-refractivity contribution is 9.10. The number of rotatable bonds is 3. The predicted molar refractivity (Wildman–Crippen MR) is 75.4 cm³/mol. The van der Waals surface area contributed by atoms with Crippen LogP contribution >= 0.6 is 15.9 Å². The summed E-state index contributed by atoms with van der Waals surface area (Å²) in [6.07, 6.45) is 0. The van der Waals surface area contributed by atoms with Crippen molar-refractivity contribution in [3.63, 3.8) is 0 Å². The molecule has 0 radical (unpaired) electrons. The van der Waals surface area contributed by atoms with Crippen molar-refractivity contribution in [2.24, 2.45) is 0 Å². The highest BCUT2D eigenvalue weighted by atomic mass is 79.9. The molecule has 92 valence electrons. The summed E-state index contributed by atoms with van der Waals surface area (Å²) in [5.74, 6) is 1.56. The molecule has 0 saturated heterocycles. The van der Waals surface area contributed by atoms with Crippen molar-refractivity contribution in [1.29, 1.82) is 0 Å². The van der Waals surface area contributed by atoms with Crippen molar-refractivity contribution < 1.29 is 9.53 Å². The zero-order valence-corrected chi connectivity index (χ0v) is 11.8. The van der Waals surface area contributed by atoms with Gasteiger partial charge in [-0.1, -0.05) is 18.2 Å². The molecule has 0 aliphatic rings. The molecule has 0 amide bonds. The lowest BCUT2D eigenvalue weighted by atomic mass is 10.1. The Morgan fingerprint density at radius 3 is 2.44 bits per heavy atom. The van der Waals surface area contributed by atoms with Gasteiger partial charge in [-0.3, -0.25) is 4.79 Å². The van der Waals surface area contributed by atoms with Gasteiger partial charge in [-0.15, -0.1) is 0 Å². The molecule has 2 aromatic rings. The van der Waals surface area contributed by atoms with E-state index in [2.05, 4.69) is 15.9 Å². The summed E-state index contributed by atoms with van der Waals surface area (Å²) in [6, 6.07) is 13.1. The number of hydrogen-bond donors (Lipinski definition) is 0. The van der Waals surface area contributed by atoms with Crippen LogP contribution in [0.15, 0.2) is 46.9 Å². The topological polar surface area (TPSA) is 26.3 Å². The van der Waals surface area contributed by atoms with Gasteiger partial charge in [-0.05, 0) is 59.6 Å². The smallest absolute Gasteiger partial charge is 0.159 e. The molecule has 0 bridgehead atoms. The van der Waals surface area contributed by atoms with Crippen molar-refractivity contribution >= 4 is 21.7 Å². The van der Waals surface area contributed by atoms with Gasteiger partial charge < -0.3 is 4.74 Å². The van der Waals surface area contributed by atoms with Crippen LogP contribution in [0.2, 0.25) is 0 Å². The Hall–Kier alpha value is -1.61. The Labute approximate surface area is 115 Å². The molecule has 0 aromatic heterocycles. The van der Waals surface area contributed by atoms with Crippen molar-refractivity contribution in [1.82, 2.24) is 0 Å². The third-order valence-electron chi connectivity index (χ3n) is 2.65. The number of hydrogen-bond acceptors (Lipinski definition) is 2. The Kier molecular flexibility index (Phi) is 3.82. The fourth-order valence-corrected chi connectivity index (χ4v) is 2.05. The molecule has 18 heavy (non-hydrogen) atoms. The second-order valence-corrected chi connectivity index (χ2v) is 4.92. The minimum atomic E-state index is 0.0399. The maximum atomic E-state index is 11.3. The van der Waals surface area contributed by atoms with Gasteiger partial charge in [0, 0.05) is 5.56 Å². The maximum absolute atomic E-state index is 11.3. The Morgan fingerprint density at radius 1 is 1.11 bits per heavy atom. The fourth-order valence-electron chi connectivity index (χ4n) is 1.59. The second-order valence-electron chi connectivity index (χ2n) is 4.07. The Balaban J connectivity index is 2.30. The van der Waals surface area contributed by atoms with E-state index in [1.807, 2.05) is 31.2 Å². The molecule has 0 unspecified atom stereocenters. The summed E-state index contributed by atoms with van der Waals surface area (Å²) in [4.78, 5) is 11.3. The first-order valence-corrected chi connectivity index (χ1v) is 6.41. The van der Waals surface area contributed by atoms with Crippen LogP contribution < -0.4 is 4.74 Å². The molecule has 0 spiro atoms. The van der Waals surface area contributed by atoms with Gasteiger partial charge in [0.25, 0.3) is 0 Å². The molecule has 0 fully saturated rings. The normalized spacial score (nSPS) is 10.2. The van der Waals surface area contributed by atoms with E-state index in [1.165, 1.54) is 0 Å². The Morgan fingerprint density at radius 2 is 1.83 bits per heavy atom. The van der Waals surface area contributed by atoms with Crippen LogP contribution in [0.1, 0.15) is 22.8 Å². The van der Waals surface area contributed by atoms with Crippen LogP contribution in [-0.4, -0.2) is 5.78 Å². The molecule has 2 rings (SSSR count). The maximum Gasteiger partial charge on any atom is 0.159 e. The summed E-state index contributed by atoms with van der Waals surface area (Å²) >= 11 is 3.42. The van der Waals surface area contributed by atoms with Crippen LogP contribution in [0.3, 0.4) is 0 Å². The summed E-state index contributed by atoms with van der Waals surface area (Å²) < 4.78 is 6.59. The van der Waals surface area contributed by atoms with Gasteiger partial charge in [0.15, 0.2) is 5.78 Å². The molecular weight excluding hydrogens is 292 g/mol. The summed E-state index contributed by atoms with van der Waals surface area (Å²) in [7, 11) is 0. The first kappa shape index (κ1) is 12.8. The molecule has 2 aromatic carbocycles. The van der Waals surface area contributed by atoms with E-state index >= 15 is 0 Å². The molecule has 0 N–H and O–H groups in total. The number of para-hydroxylation sites is 1. The number of carbonyl (C=O) groups excluding carboxylic acids is 1. The summed E-state index contributed by atoms with van der Waals surface area (Å²) in [6.45, 7) is 3.54. The third kappa shape index (κ3) is 2.79. The lowest BCUT2D eigenvalue weighted by Gasteiger charge is -2.10. The number of Topliss-reactive ketones (excluding diaryl/α,β-unsaturated/α-hetero) is 1. The minimum absolute atomic E-state index is 0.0399. The molecular formula is C15H13BrO2. The molecule has 0 saturated carbocycles. The van der Waals surface area contributed by atoms with E-state index in [0.717, 1.165) is 15.8 Å². The molecule has 0 aliphatic carbocycles. The van der Waals surface area contributed by atoms with Crippen LogP contribution in [0.4, 0.5) is 0 Å². The average Bonchev–Trinajstić information content (AvgIpc) is 2.34. The van der Waals surface area contributed by atoms with Crippen molar-refractivity contribution in [2.45, 2.75) is 13.8 Å². The first-order valence-electron chi connectivity index (χ1n) is 5.62. The molecule has 0 atom stereocenters. The van der Waals surface area contributed by atoms with Crippen LogP contribution in [-0.2, 0) is 0 Å². The monoisotopic (exact) mass is 304 g/mol. The van der Waals surface area contributed by atoms with Crippen LogP contribution in [0.5, 0.6) is 11.5 Å². The molecule has 3 heteroatoms. The summed E-state index contributed by atoms with van der Waals surface area (Å²) in [5, 5.41) is 0. The highest BCUT2D eigenvalue weighted by Gasteiger charge is 2.07. The number of carbonyl (C=O) groups is 1. The van der Waals surface area contributed by atoms with Gasteiger partial charge in [-0.25, -0.2) is 0 Å². The molecule has 0 aliphatic heterocycles. The van der Waals surface area contributed by atoms with Crippen LogP contribution in [0.25, 0.3) is 0 Å². The SMILES string of the molecule is CC(=O)c1ccc(Oc2ccccc2C)c(Br)c1. The molecule has 0 heterocycles. The lowest BCUT2D eigenvalue weighted by molar-refractivity contribution is 0.101. The third-order valence-corrected chi connectivity index (χ3v) is 3.27. The highest BCUT2D eigenvalue weighted by Crippen LogP contribution is 2.31. The van der Waals surface area contributed by atoms with E-state index in [0.29, 0.717) is 11.3 Å². The molecule has 2 nitrogen and oxygen atoms in total. The zero-order chi connectivity index (χ0) is 13.1. The van der Waals surface area contributed by atoms with Gasteiger partial charge in [-0.2, -0.15) is 0 Å². The standard InChI is InChI=1S/C15H13BrO2/c1-10-5-3-4-6-14(10)18-15-8-7-12(11(2)17)9-13(15)16/h3-9H,1-2H3. The number of ether oxygens (including phenoxy) is 1. The van der Waals surface area contributed by atoms with E-state index in [-0.39, 0.29) is 5.78 Å². The lowest BCUT2D eigenvalue weighted by Crippen LogP contribution is -1.93. The van der Waals surface area contributed by atoms with Gasteiger partial charge >= 0.3 is 0 Å². The predicted octanol–water partition coefficient (Wildman–Crippen LogP) is 4.75. The minimum Gasteiger partial charge on any atom is -0.456 e. The van der Waals surface area contributed by atoms with Crippen LogP contribution in [0, 0.1) is 6.92 Å². The second kappa shape index (κ2) is 5.36. The quantitative estimate of drug-likeness (QED) is 0.765. The number of halogens is 1. The van der Waals surface area contributed by atoms with E-state index < -0.39 is 0 Å². The van der Waals surface area contributed by atoms with Crippen molar-refractivity contribution in [2.75, 3.05) is 0 Å². The number of ketones is 1. The van der Waals surface area contributed by atoms with Crippen molar-refractivity contribution in [3.8, 4) is 11.5 Å². The Bertz CT molecular complexity index is 591. The van der Waals surface area contributed by atoms with Gasteiger partial charge in [0.2, 0.25) is 0 Å². The fraction of sp³-hybridized carbons (Fsp3) is 0.133. The van der Waals surface area contributed by atoms with Gasteiger partial charge in [0.1, 0.15) is 11.5 Å². The largest absolute Gasteiger partial charge is 0.456 e.